The van der Waals surface area contributed by atoms with Crippen LogP contribution >= 0.6 is 0 Å². The van der Waals surface area contributed by atoms with Gasteiger partial charge in [0.2, 0.25) is 0 Å². The van der Waals surface area contributed by atoms with Crippen molar-refractivity contribution in [3.63, 3.8) is 0 Å². The Hall–Kier alpha value is -2.92. The van der Waals surface area contributed by atoms with Gasteiger partial charge in [0.05, 0.1) is 6.54 Å². The molecule has 0 radical (unpaired) electrons. The highest BCUT2D eigenvalue weighted by molar-refractivity contribution is 5.82. The van der Waals surface area contributed by atoms with Crippen LogP contribution in [-0.4, -0.2) is 28.5 Å². The zero-order valence-corrected chi connectivity index (χ0v) is 15.1. The van der Waals surface area contributed by atoms with Gasteiger partial charge >= 0.3 is 0 Å². The molecule has 27 heavy (non-hydrogen) atoms. The van der Waals surface area contributed by atoms with Crippen LogP contribution in [0.3, 0.4) is 0 Å². The quantitative estimate of drug-likeness (QED) is 0.758. The van der Waals surface area contributed by atoms with Crippen molar-refractivity contribution < 1.29 is 9.53 Å². The van der Waals surface area contributed by atoms with Crippen LogP contribution in [-0.2, 0) is 22.6 Å². The molecule has 1 aromatic heterocycles. The van der Waals surface area contributed by atoms with E-state index >= 15 is 0 Å². The molecule has 1 saturated heterocycles. The first kappa shape index (κ1) is 17.5. The van der Waals surface area contributed by atoms with Gasteiger partial charge in [-0.25, -0.2) is 0 Å². The molecule has 0 unspecified atom stereocenters. The third-order valence-corrected chi connectivity index (χ3v) is 4.92. The Morgan fingerprint density at radius 2 is 1.85 bits per heavy atom. The van der Waals surface area contributed by atoms with E-state index in [0.717, 1.165) is 29.3 Å². The van der Waals surface area contributed by atoms with Crippen LogP contribution in [0.2, 0.25) is 0 Å². The van der Waals surface area contributed by atoms with Crippen molar-refractivity contribution in [1.29, 1.82) is 0 Å². The van der Waals surface area contributed by atoms with Crippen LogP contribution in [0.1, 0.15) is 24.0 Å². The van der Waals surface area contributed by atoms with Crippen LogP contribution in [0.25, 0.3) is 10.9 Å². The summed E-state index contributed by atoms with van der Waals surface area (Å²) in [4.78, 5) is 30.2. The van der Waals surface area contributed by atoms with E-state index in [9.17, 15) is 9.59 Å². The van der Waals surface area contributed by atoms with Gasteiger partial charge in [0.25, 0.3) is 11.5 Å². The topological polar surface area (TPSA) is 62.4 Å². The van der Waals surface area contributed by atoms with Crippen molar-refractivity contribution in [2.45, 2.75) is 32.0 Å². The lowest BCUT2D eigenvalue weighted by atomic mass is 10.1. The molecule has 1 N–H and O–H groups in total. The van der Waals surface area contributed by atoms with E-state index in [0.29, 0.717) is 18.7 Å². The number of aromatic amines is 1. The number of carbonyl (C=O) groups excluding carboxylic acids is 1. The molecule has 3 aromatic rings. The molecule has 1 aliphatic heterocycles. The van der Waals surface area contributed by atoms with Gasteiger partial charge in [-0.15, -0.1) is 0 Å². The maximum absolute atomic E-state index is 13.0. The Kier molecular flexibility index (Phi) is 5.03. The lowest BCUT2D eigenvalue weighted by Gasteiger charge is -2.25. The van der Waals surface area contributed by atoms with E-state index in [-0.39, 0.29) is 18.0 Å². The number of carbonyl (C=O) groups is 1. The zero-order valence-electron chi connectivity index (χ0n) is 15.1. The number of pyridine rings is 1. The monoisotopic (exact) mass is 362 g/mol. The molecule has 1 fully saturated rings. The van der Waals surface area contributed by atoms with Crippen molar-refractivity contribution in [3.8, 4) is 0 Å². The predicted octanol–water partition coefficient (Wildman–Crippen LogP) is 3.24. The highest BCUT2D eigenvalue weighted by Crippen LogP contribution is 2.19. The number of H-pyrrole nitrogens is 1. The Morgan fingerprint density at radius 1 is 1.07 bits per heavy atom. The summed E-state index contributed by atoms with van der Waals surface area (Å²) in [5.41, 5.74) is 2.25. The van der Waals surface area contributed by atoms with Gasteiger partial charge in [-0.2, -0.15) is 0 Å². The predicted molar refractivity (Wildman–Crippen MR) is 104 cm³/mol. The number of nitrogens with one attached hydrogen (secondary N) is 1. The standard InChI is InChI=1S/C22H22N2O3/c25-21-18(13-17-9-4-5-10-19(17)23-21)15-24(14-16-7-2-1-3-8-16)22(26)20-11-6-12-27-20/h1-5,7-10,13,20H,6,11-12,14-15H2,(H,23,25)/t20-/m1/s1. The first-order chi connectivity index (χ1) is 13.2. The first-order valence-corrected chi connectivity index (χ1v) is 9.26. The minimum atomic E-state index is -0.409. The highest BCUT2D eigenvalue weighted by Gasteiger charge is 2.28. The Labute approximate surface area is 157 Å². The van der Waals surface area contributed by atoms with Crippen molar-refractivity contribution >= 4 is 16.8 Å². The molecule has 2 aromatic carbocycles. The number of aromatic nitrogens is 1. The molecule has 0 spiro atoms. The SMILES string of the molecule is O=C([C@H]1CCCO1)N(Cc1ccccc1)Cc1cc2ccccc2[nH]c1=O. The van der Waals surface area contributed by atoms with E-state index in [2.05, 4.69) is 4.98 Å². The molecule has 1 amide bonds. The fourth-order valence-corrected chi connectivity index (χ4v) is 3.51. The van der Waals surface area contributed by atoms with E-state index in [1.165, 1.54) is 0 Å². The van der Waals surface area contributed by atoms with Gasteiger partial charge < -0.3 is 14.6 Å². The second-order valence-electron chi connectivity index (χ2n) is 6.89. The Morgan fingerprint density at radius 3 is 2.63 bits per heavy atom. The average Bonchev–Trinajstić information content (AvgIpc) is 3.23. The average molecular weight is 362 g/mol. The smallest absolute Gasteiger partial charge is 0.253 e. The van der Waals surface area contributed by atoms with Crippen molar-refractivity contribution in [3.05, 3.63) is 82.1 Å². The maximum Gasteiger partial charge on any atom is 0.253 e. The summed E-state index contributed by atoms with van der Waals surface area (Å²) < 4.78 is 5.59. The lowest BCUT2D eigenvalue weighted by molar-refractivity contribution is -0.142. The molecule has 5 nitrogen and oxygen atoms in total. The number of benzene rings is 2. The van der Waals surface area contributed by atoms with Crippen molar-refractivity contribution in [2.75, 3.05) is 6.61 Å². The first-order valence-electron chi connectivity index (χ1n) is 9.26. The summed E-state index contributed by atoms with van der Waals surface area (Å²) in [6, 6.07) is 19.3. The number of amides is 1. The molecule has 2 heterocycles. The van der Waals surface area contributed by atoms with Gasteiger partial charge in [-0.3, -0.25) is 9.59 Å². The fraction of sp³-hybridized carbons (Fsp3) is 0.273. The number of rotatable bonds is 5. The minimum absolute atomic E-state index is 0.0519. The normalized spacial score (nSPS) is 16.5. The van der Waals surface area contributed by atoms with Gasteiger partial charge in [0.15, 0.2) is 0 Å². The van der Waals surface area contributed by atoms with Gasteiger partial charge in [0, 0.05) is 24.2 Å². The molecule has 1 atom stereocenters. The van der Waals surface area contributed by atoms with Crippen molar-refractivity contribution in [2.24, 2.45) is 0 Å². The maximum atomic E-state index is 13.0. The molecule has 4 rings (SSSR count). The van der Waals surface area contributed by atoms with Crippen molar-refractivity contribution in [1.82, 2.24) is 9.88 Å². The summed E-state index contributed by atoms with van der Waals surface area (Å²) in [6.07, 6.45) is 1.22. The molecule has 0 bridgehead atoms. The van der Waals surface area contributed by atoms with Crippen LogP contribution in [0.5, 0.6) is 0 Å². The van der Waals surface area contributed by atoms with E-state index in [1.807, 2.05) is 60.7 Å². The second kappa shape index (κ2) is 7.76. The van der Waals surface area contributed by atoms with E-state index in [4.69, 9.17) is 4.74 Å². The molecular formula is C22H22N2O3. The van der Waals surface area contributed by atoms with Crippen LogP contribution in [0, 0.1) is 0 Å². The summed E-state index contributed by atoms with van der Waals surface area (Å²) in [6.45, 7) is 1.33. The molecule has 1 aliphatic rings. The third kappa shape index (κ3) is 3.93. The van der Waals surface area contributed by atoms with Crippen LogP contribution in [0.15, 0.2) is 65.5 Å². The molecule has 0 saturated carbocycles. The molecule has 5 heteroatoms. The Balaban J connectivity index is 1.64. The summed E-state index contributed by atoms with van der Waals surface area (Å²) >= 11 is 0. The van der Waals surface area contributed by atoms with E-state index in [1.54, 1.807) is 4.90 Å². The molecule has 0 aliphatic carbocycles. The lowest BCUT2D eigenvalue weighted by Crippen LogP contribution is -2.39. The second-order valence-corrected chi connectivity index (χ2v) is 6.89. The zero-order chi connectivity index (χ0) is 18.6. The number of fused-ring (bicyclic) bond motifs is 1. The summed E-state index contributed by atoms with van der Waals surface area (Å²) in [7, 11) is 0. The van der Waals surface area contributed by atoms with Crippen LogP contribution < -0.4 is 5.56 Å². The van der Waals surface area contributed by atoms with Gasteiger partial charge in [0.1, 0.15) is 6.10 Å². The molecular weight excluding hydrogens is 340 g/mol. The minimum Gasteiger partial charge on any atom is -0.368 e. The summed E-state index contributed by atoms with van der Waals surface area (Å²) in [5.74, 6) is -0.0519. The number of ether oxygens (including phenoxy) is 1. The highest BCUT2D eigenvalue weighted by atomic mass is 16.5. The van der Waals surface area contributed by atoms with Crippen LogP contribution in [0.4, 0.5) is 0 Å². The largest absolute Gasteiger partial charge is 0.368 e. The third-order valence-electron chi connectivity index (χ3n) is 4.92. The fourth-order valence-electron chi connectivity index (χ4n) is 3.51. The van der Waals surface area contributed by atoms with Gasteiger partial charge in [-0.1, -0.05) is 48.5 Å². The number of hydrogen-bond acceptors (Lipinski definition) is 3. The number of hydrogen-bond donors (Lipinski definition) is 1. The number of para-hydroxylation sites is 1. The summed E-state index contributed by atoms with van der Waals surface area (Å²) in [5, 5.41) is 0.955. The van der Waals surface area contributed by atoms with E-state index < -0.39 is 6.10 Å². The number of nitrogens with zero attached hydrogens (tertiary/aromatic N) is 1. The Bertz CT molecular complexity index is 991. The van der Waals surface area contributed by atoms with Gasteiger partial charge in [-0.05, 0) is 35.9 Å². The molecule has 138 valence electrons.